The van der Waals surface area contributed by atoms with Gasteiger partial charge >= 0.3 is 0 Å². The first kappa shape index (κ1) is 16.0. The molecule has 0 bridgehead atoms. The maximum atomic E-state index is 6.53. The van der Waals surface area contributed by atoms with Gasteiger partial charge in [0.1, 0.15) is 0 Å². The molecule has 3 rings (SSSR count). The molecule has 0 radical (unpaired) electrons. The normalized spacial score (nSPS) is 21.5. The first-order chi connectivity index (χ1) is 10.8. The fourth-order valence-corrected chi connectivity index (χ4v) is 3.86. The lowest BCUT2D eigenvalue weighted by Gasteiger charge is -2.25. The van der Waals surface area contributed by atoms with E-state index in [-0.39, 0.29) is 0 Å². The summed E-state index contributed by atoms with van der Waals surface area (Å²) in [6.07, 6.45) is 11.1. The summed E-state index contributed by atoms with van der Waals surface area (Å²) in [5.74, 6) is 0.674. The highest BCUT2D eigenvalue weighted by atomic mass is 35.5. The van der Waals surface area contributed by atoms with Gasteiger partial charge in [0, 0.05) is 24.7 Å². The molecule has 0 aromatic heterocycles. The number of benzene rings is 1. The molecule has 1 aliphatic heterocycles. The van der Waals surface area contributed by atoms with Crippen LogP contribution in [0.3, 0.4) is 0 Å². The zero-order chi connectivity index (χ0) is 15.2. The molecular weight excluding hydrogens is 294 g/mol. The highest BCUT2D eigenvalue weighted by Crippen LogP contribution is 2.36. The Morgan fingerprint density at radius 1 is 1.14 bits per heavy atom. The smallest absolute Gasteiger partial charge is 0.0594 e. The molecule has 2 nitrogen and oxygen atoms in total. The Morgan fingerprint density at radius 2 is 1.91 bits per heavy atom. The monoisotopic (exact) mass is 319 g/mol. The summed E-state index contributed by atoms with van der Waals surface area (Å²) in [7, 11) is 0. The van der Waals surface area contributed by atoms with Crippen LogP contribution in [0, 0.1) is 0 Å². The predicted molar refractivity (Wildman–Crippen MR) is 93.6 cm³/mol. The topological polar surface area (TPSA) is 12.5 Å². The second-order valence-electron chi connectivity index (χ2n) is 6.43. The van der Waals surface area contributed by atoms with Crippen molar-refractivity contribution in [1.29, 1.82) is 0 Å². The number of nitrogens with zero attached hydrogens (tertiary/aromatic N) is 1. The van der Waals surface area contributed by atoms with Crippen LogP contribution in [0.4, 0.5) is 0 Å². The van der Waals surface area contributed by atoms with Gasteiger partial charge in [-0.15, -0.1) is 0 Å². The molecule has 2 fully saturated rings. The average Bonchev–Trinajstić information content (AvgIpc) is 2.57. The van der Waals surface area contributed by atoms with Crippen LogP contribution < -0.4 is 0 Å². The average molecular weight is 320 g/mol. The summed E-state index contributed by atoms with van der Waals surface area (Å²) in [4.78, 5) is 2.41. The van der Waals surface area contributed by atoms with Crippen molar-refractivity contribution in [2.45, 2.75) is 38.0 Å². The van der Waals surface area contributed by atoms with Crippen LogP contribution in [0.1, 0.15) is 49.1 Å². The van der Waals surface area contributed by atoms with Gasteiger partial charge in [-0.1, -0.05) is 55.1 Å². The van der Waals surface area contributed by atoms with E-state index in [1.807, 2.05) is 0 Å². The maximum absolute atomic E-state index is 6.53. The Labute approximate surface area is 139 Å². The van der Waals surface area contributed by atoms with Crippen molar-refractivity contribution in [2.24, 2.45) is 0 Å². The first-order valence-electron chi connectivity index (χ1n) is 8.59. The van der Waals surface area contributed by atoms with Crippen molar-refractivity contribution in [3.8, 4) is 0 Å². The third kappa shape index (κ3) is 4.34. The van der Waals surface area contributed by atoms with E-state index in [1.54, 1.807) is 0 Å². The van der Waals surface area contributed by atoms with E-state index in [0.717, 1.165) is 37.9 Å². The van der Waals surface area contributed by atoms with Gasteiger partial charge in [0.2, 0.25) is 0 Å². The van der Waals surface area contributed by atoms with Crippen LogP contribution >= 0.6 is 11.6 Å². The summed E-state index contributed by atoms with van der Waals surface area (Å²) in [5, 5.41) is 0.945. The minimum Gasteiger partial charge on any atom is -0.379 e. The van der Waals surface area contributed by atoms with Crippen molar-refractivity contribution < 1.29 is 4.74 Å². The quantitative estimate of drug-likeness (QED) is 0.795. The van der Waals surface area contributed by atoms with Crippen LogP contribution in [-0.4, -0.2) is 37.7 Å². The standard InChI is InChI=1S/C19H26ClNO/c20-19-15-16(5-4-10-21-11-13-22-14-12-21)8-9-18(19)17-6-2-1-3-7-17/h4-5,8-9,15,17H,1-3,6-7,10-14H2/b5-4+. The van der Waals surface area contributed by atoms with Crippen molar-refractivity contribution in [2.75, 3.05) is 32.8 Å². The Balaban J connectivity index is 1.58. The van der Waals surface area contributed by atoms with Crippen LogP contribution in [0.5, 0.6) is 0 Å². The number of ether oxygens (including phenoxy) is 1. The van der Waals surface area contributed by atoms with E-state index in [1.165, 1.54) is 43.2 Å². The second-order valence-corrected chi connectivity index (χ2v) is 6.84. The number of rotatable bonds is 4. The number of hydrogen-bond donors (Lipinski definition) is 0. The maximum Gasteiger partial charge on any atom is 0.0594 e. The lowest BCUT2D eigenvalue weighted by molar-refractivity contribution is 0.0435. The van der Waals surface area contributed by atoms with Crippen LogP contribution in [0.2, 0.25) is 5.02 Å². The number of halogens is 1. The van der Waals surface area contributed by atoms with Gasteiger partial charge in [0.25, 0.3) is 0 Å². The lowest BCUT2D eigenvalue weighted by atomic mass is 9.84. The Kier molecular flexibility index (Phi) is 5.94. The molecule has 0 amide bonds. The number of morpholine rings is 1. The van der Waals surface area contributed by atoms with E-state index in [0.29, 0.717) is 5.92 Å². The third-order valence-electron chi connectivity index (χ3n) is 4.85. The number of hydrogen-bond acceptors (Lipinski definition) is 2. The highest BCUT2D eigenvalue weighted by Gasteiger charge is 2.17. The Hall–Kier alpha value is -0.830. The molecule has 0 atom stereocenters. The predicted octanol–water partition coefficient (Wildman–Crippen LogP) is 4.73. The molecule has 22 heavy (non-hydrogen) atoms. The highest BCUT2D eigenvalue weighted by molar-refractivity contribution is 6.31. The van der Waals surface area contributed by atoms with Crippen LogP contribution in [0.15, 0.2) is 24.3 Å². The fraction of sp³-hybridized carbons (Fsp3) is 0.579. The summed E-state index contributed by atoms with van der Waals surface area (Å²) in [6, 6.07) is 6.58. The SMILES string of the molecule is Clc1cc(/C=C/CN2CCOCC2)ccc1C1CCCCC1. The summed E-state index contributed by atoms with van der Waals surface area (Å²) in [6.45, 7) is 4.77. The van der Waals surface area contributed by atoms with Crippen LogP contribution in [0.25, 0.3) is 6.08 Å². The molecule has 0 unspecified atom stereocenters. The molecule has 1 saturated heterocycles. The molecule has 1 aromatic carbocycles. The van der Waals surface area contributed by atoms with E-state index in [2.05, 4.69) is 35.3 Å². The van der Waals surface area contributed by atoms with Crippen molar-refractivity contribution >= 4 is 17.7 Å². The molecule has 120 valence electrons. The van der Waals surface area contributed by atoms with Gasteiger partial charge < -0.3 is 4.74 Å². The zero-order valence-electron chi connectivity index (χ0n) is 13.3. The molecular formula is C19H26ClNO. The zero-order valence-corrected chi connectivity index (χ0v) is 14.0. The minimum atomic E-state index is 0.674. The van der Waals surface area contributed by atoms with Gasteiger partial charge in [-0.25, -0.2) is 0 Å². The van der Waals surface area contributed by atoms with Gasteiger partial charge in [-0.3, -0.25) is 4.90 Å². The fourth-order valence-electron chi connectivity index (χ4n) is 3.51. The van der Waals surface area contributed by atoms with E-state index >= 15 is 0 Å². The van der Waals surface area contributed by atoms with Crippen molar-refractivity contribution in [3.05, 3.63) is 40.4 Å². The van der Waals surface area contributed by atoms with Gasteiger partial charge in [0.05, 0.1) is 13.2 Å². The van der Waals surface area contributed by atoms with Crippen molar-refractivity contribution in [1.82, 2.24) is 4.90 Å². The summed E-state index contributed by atoms with van der Waals surface area (Å²) < 4.78 is 5.37. The molecule has 1 heterocycles. The lowest BCUT2D eigenvalue weighted by Crippen LogP contribution is -2.36. The molecule has 1 saturated carbocycles. The molecule has 2 aliphatic rings. The van der Waals surface area contributed by atoms with Gasteiger partial charge in [-0.05, 0) is 36.0 Å². The second kappa shape index (κ2) is 8.14. The first-order valence-corrected chi connectivity index (χ1v) is 8.97. The molecule has 0 spiro atoms. The molecule has 0 N–H and O–H groups in total. The molecule has 3 heteroatoms. The van der Waals surface area contributed by atoms with Crippen LogP contribution in [-0.2, 0) is 4.74 Å². The Morgan fingerprint density at radius 3 is 2.64 bits per heavy atom. The van der Waals surface area contributed by atoms with Gasteiger partial charge in [0.15, 0.2) is 0 Å². The van der Waals surface area contributed by atoms with E-state index in [4.69, 9.17) is 16.3 Å². The Bertz CT molecular complexity index is 502. The van der Waals surface area contributed by atoms with E-state index < -0.39 is 0 Å². The van der Waals surface area contributed by atoms with E-state index in [9.17, 15) is 0 Å². The third-order valence-corrected chi connectivity index (χ3v) is 5.17. The molecule has 1 aromatic rings. The van der Waals surface area contributed by atoms with Gasteiger partial charge in [-0.2, -0.15) is 0 Å². The summed E-state index contributed by atoms with van der Waals surface area (Å²) in [5.41, 5.74) is 2.56. The largest absolute Gasteiger partial charge is 0.379 e. The van der Waals surface area contributed by atoms with Crippen molar-refractivity contribution in [3.63, 3.8) is 0 Å². The summed E-state index contributed by atoms with van der Waals surface area (Å²) >= 11 is 6.53. The molecule has 1 aliphatic carbocycles. The minimum absolute atomic E-state index is 0.674.